The Morgan fingerprint density at radius 1 is 1.14 bits per heavy atom. The van der Waals surface area contributed by atoms with E-state index < -0.39 is 4.92 Å². The number of hydrogen-bond acceptors (Lipinski definition) is 4. The molecule has 0 unspecified atom stereocenters. The van der Waals surface area contributed by atoms with Gasteiger partial charge < -0.3 is 4.98 Å². The van der Waals surface area contributed by atoms with E-state index in [0.29, 0.717) is 12.2 Å². The Morgan fingerprint density at radius 3 is 2.59 bits per heavy atom. The molecule has 2 aromatic carbocycles. The van der Waals surface area contributed by atoms with E-state index in [9.17, 15) is 10.1 Å². The van der Waals surface area contributed by atoms with Crippen LogP contribution < -0.4 is 0 Å². The van der Waals surface area contributed by atoms with E-state index in [-0.39, 0.29) is 5.69 Å². The number of fused-ring (bicyclic) bond motifs is 1. The van der Waals surface area contributed by atoms with Crippen LogP contribution >= 0.6 is 0 Å². The first-order valence-electron chi connectivity index (χ1n) is 6.83. The van der Waals surface area contributed by atoms with Crippen molar-refractivity contribution in [1.82, 2.24) is 4.98 Å². The molecule has 6 heteroatoms. The predicted octanol–water partition coefficient (Wildman–Crippen LogP) is 4.67. The third kappa shape index (κ3) is 2.71. The molecule has 6 nitrogen and oxygen atoms in total. The molecule has 0 aliphatic rings. The van der Waals surface area contributed by atoms with Crippen molar-refractivity contribution in [3.63, 3.8) is 0 Å². The van der Waals surface area contributed by atoms with Gasteiger partial charge in [-0.25, -0.2) is 0 Å². The molecule has 0 atom stereocenters. The lowest BCUT2D eigenvalue weighted by atomic mass is 10.1. The summed E-state index contributed by atoms with van der Waals surface area (Å²) in [6.07, 6.45) is 0. The number of azo groups is 1. The highest BCUT2D eigenvalue weighted by atomic mass is 16.6. The molecule has 0 fully saturated rings. The summed E-state index contributed by atoms with van der Waals surface area (Å²) < 4.78 is 0. The van der Waals surface area contributed by atoms with Crippen LogP contribution in [0.4, 0.5) is 11.4 Å². The zero-order valence-corrected chi connectivity index (χ0v) is 12.0. The second kappa shape index (κ2) is 5.77. The average Bonchev–Trinajstić information content (AvgIpc) is 2.84. The van der Waals surface area contributed by atoms with Gasteiger partial charge in [0.2, 0.25) is 0 Å². The van der Waals surface area contributed by atoms with Gasteiger partial charge >= 0.3 is 0 Å². The van der Waals surface area contributed by atoms with Crippen LogP contribution in [-0.4, -0.2) is 9.91 Å². The molecule has 1 heterocycles. The molecule has 0 spiro atoms. The molecule has 0 aliphatic heterocycles. The number of benzene rings is 2. The summed E-state index contributed by atoms with van der Waals surface area (Å²) in [6.45, 7) is 2.48. The third-order valence-corrected chi connectivity index (χ3v) is 3.50. The van der Waals surface area contributed by atoms with Gasteiger partial charge in [0.25, 0.3) is 5.69 Å². The van der Waals surface area contributed by atoms with Gasteiger partial charge in [-0.1, -0.05) is 18.2 Å². The number of para-hydroxylation sites is 1. The summed E-state index contributed by atoms with van der Waals surface area (Å²) in [4.78, 5) is 13.5. The quantitative estimate of drug-likeness (QED) is 0.431. The number of rotatable bonds is 4. The number of non-ortho nitro benzene ring substituents is 1. The Labute approximate surface area is 126 Å². The zero-order valence-electron chi connectivity index (χ0n) is 12.0. The lowest BCUT2D eigenvalue weighted by molar-refractivity contribution is -0.384. The molecule has 0 aliphatic carbocycles. The highest BCUT2D eigenvalue weighted by molar-refractivity contribution is 5.84. The summed E-state index contributed by atoms with van der Waals surface area (Å²) in [7, 11) is 0. The lowest BCUT2D eigenvalue weighted by Gasteiger charge is -1.96. The smallest absolute Gasteiger partial charge is 0.269 e. The topological polar surface area (TPSA) is 83.6 Å². The molecule has 22 heavy (non-hydrogen) atoms. The number of nitrogens with zero attached hydrogens (tertiary/aromatic N) is 3. The minimum absolute atomic E-state index is 0.0476. The van der Waals surface area contributed by atoms with Crippen molar-refractivity contribution in [3.05, 3.63) is 69.9 Å². The fraction of sp³-hybridized carbons (Fsp3) is 0.125. The standard InChI is InChI=1S/C16H14N4O2/c1-11-15(14-4-2-3-5-16(14)18-11)10-17-19-12-6-8-13(9-7-12)20(21)22/h2-9,18H,10H2,1H3. The molecule has 3 aromatic rings. The molecule has 1 aromatic heterocycles. The highest BCUT2D eigenvalue weighted by Crippen LogP contribution is 2.23. The van der Waals surface area contributed by atoms with Gasteiger partial charge in [-0.3, -0.25) is 10.1 Å². The third-order valence-electron chi connectivity index (χ3n) is 3.50. The van der Waals surface area contributed by atoms with Gasteiger partial charge in [0.05, 0.1) is 17.2 Å². The number of nitro benzene ring substituents is 1. The first kappa shape index (κ1) is 13.9. The number of H-pyrrole nitrogens is 1. The van der Waals surface area contributed by atoms with Crippen LogP contribution in [0.15, 0.2) is 58.8 Å². The Bertz CT molecular complexity index is 850. The van der Waals surface area contributed by atoms with Crippen molar-refractivity contribution in [3.8, 4) is 0 Å². The van der Waals surface area contributed by atoms with Gasteiger partial charge in [0.15, 0.2) is 0 Å². The minimum atomic E-state index is -0.434. The van der Waals surface area contributed by atoms with Crippen molar-refractivity contribution in [2.24, 2.45) is 10.2 Å². The number of nitrogens with one attached hydrogen (secondary N) is 1. The molecule has 0 radical (unpaired) electrons. The van der Waals surface area contributed by atoms with Crippen LogP contribution in [0.1, 0.15) is 11.3 Å². The van der Waals surface area contributed by atoms with Crippen LogP contribution in [0, 0.1) is 17.0 Å². The Kier molecular flexibility index (Phi) is 3.65. The molecule has 3 rings (SSSR count). The Hall–Kier alpha value is -3.02. The van der Waals surface area contributed by atoms with E-state index in [2.05, 4.69) is 21.3 Å². The predicted molar refractivity (Wildman–Crippen MR) is 84.4 cm³/mol. The van der Waals surface area contributed by atoms with Gasteiger partial charge in [-0.2, -0.15) is 10.2 Å². The Morgan fingerprint density at radius 2 is 1.86 bits per heavy atom. The fourth-order valence-corrected chi connectivity index (χ4v) is 2.37. The van der Waals surface area contributed by atoms with Crippen LogP contribution in [0.25, 0.3) is 10.9 Å². The summed E-state index contributed by atoms with van der Waals surface area (Å²) in [5, 5.41) is 20.1. The highest BCUT2D eigenvalue weighted by Gasteiger charge is 2.07. The van der Waals surface area contributed by atoms with Crippen molar-refractivity contribution >= 4 is 22.3 Å². The number of hydrogen-bond donors (Lipinski definition) is 1. The second-order valence-corrected chi connectivity index (χ2v) is 4.95. The second-order valence-electron chi connectivity index (χ2n) is 4.95. The zero-order chi connectivity index (χ0) is 15.5. The van der Waals surface area contributed by atoms with Crippen LogP contribution in [0.2, 0.25) is 0 Å². The molecule has 0 saturated carbocycles. The maximum absolute atomic E-state index is 10.6. The van der Waals surface area contributed by atoms with Gasteiger partial charge in [0.1, 0.15) is 0 Å². The summed E-state index contributed by atoms with van der Waals surface area (Å²) >= 11 is 0. The molecule has 0 amide bonds. The number of aryl methyl sites for hydroxylation is 1. The monoisotopic (exact) mass is 294 g/mol. The van der Waals surface area contributed by atoms with Crippen molar-refractivity contribution in [1.29, 1.82) is 0 Å². The maximum Gasteiger partial charge on any atom is 0.269 e. The first-order valence-corrected chi connectivity index (χ1v) is 6.83. The molecular weight excluding hydrogens is 280 g/mol. The van der Waals surface area contributed by atoms with Crippen LogP contribution in [-0.2, 0) is 6.54 Å². The van der Waals surface area contributed by atoms with E-state index in [1.54, 1.807) is 12.1 Å². The minimum Gasteiger partial charge on any atom is -0.358 e. The average molecular weight is 294 g/mol. The first-order chi connectivity index (χ1) is 10.6. The van der Waals surface area contributed by atoms with Gasteiger partial charge in [-0.05, 0) is 25.1 Å². The largest absolute Gasteiger partial charge is 0.358 e. The fourth-order valence-electron chi connectivity index (χ4n) is 2.37. The van der Waals surface area contributed by atoms with E-state index in [1.807, 2.05) is 25.1 Å². The summed E-state index contributed by atoms with van der Waals surface area (Å²) in [5.74, 6) is 0. The van der Waals surface area contributed by atoms with E-state index >= 15 is 0 Å². The normalized spacial score (nSPS) is 11.3. The number of aromatic amines is 1. The molecule has 0 saturated heterocycles. The SMILES string of the molecule is Cc1[nH]c2ccccc2c1CN=Nc1ccc([N+](=O)[O-])cc1. The van der Waals surface area contributed by atoms with E-state index in [4.69, 9.17) is 0 Å². The number of nitro groups is 1. The molecule has 110 valence electrons. The van der Waals surface area contributed by atoms with Crippen molar-refractivity contribution < 1.29 is 4.92 Å². The van der Waals surface area contributed by atoms with E-state index in [1.165, 1.54) is 12.1 Å². The molecule has 1 N–H and O–H groups in total. The Balaban J connectivity index is 1.78. The van der Waals surface area contributed by atoms with Gasteiger partial charge in [0, 0.05) is 34.3 Å². The lowest BCUT2D eigenvalue weighted by Crippen LogP contribution is -1.85. The van der Waals surface area contributed by atoms with Gasteiger partial charge in [-0.15, -0.1) is 0 Å². The van der Waals surface area contributed by atoms with Crippen molar-refractivity contribution in [2.45, 2.75) is 13.5 Å². The number of aromatic nitrogens is 1. The summed E-state index contributed by atoms with van der Waals surface area (Å²) in [6, 6.07) is 14.1. The van der Waals surface area contributed by atoms with Crippen LogP contribution in [0.5, 0.6) is 0 Å². The van der Waals surface area contributed by atoms with E-state index in [0.717, 1.165) is 22.2 Å². The summed E-state index contributed by atoms with van der Waals surface area (Å²) in [5.41, 5.74) is 3.92. The van der Waals surface area contributed by atoms with Crippen molar-refractivity contribution in [2.75, 3.05) is 0 Å². The van der Waals surface area contributed by atoms with Crippen LogP contribution in [0.3, 0.4) is 0 Å². The maximum atomic E-state index is 10.6. The molecule has 0 bridgehead atoms. The molecular formula is C16H14N4O2.